The van der Waals surface area contributed by atoms with Gasteiger partial charge in [-0.05, 0) is 11.8 Å². The molecule has 0 saturated carbocycles. The molecular formula is C21H16N4O2S. The highest BCUT2D eigenvalue weighted by atomic mass is 32.2. The van der Waals surface area contributed by atoms with Gasteiger partial charge < -0.3 is 10.6 Å². The second kappa shape index (κ2) is 6.38. The van der Waals surface area contributed by atoms with Gasteiger partial charge in [-0.2, -0.15) is 0 Å². The van der Waals surface area contributed by atoms with Gasteiger partial charge in [0.1, 0.15) is 5.69 Å². The zero-order valence-electron chi connectivity index (χ0n) is 14.9. The fourth-order valence-electron chi connectivity index (χ4n) is 3.71. The monoisotopic (exact) mass is 388 g/mol. The van der Waals surface area contributed by atoms with Gasteiger partial charge in [-0.25, -0.2) is 4.98 Å². The first-order chi connectivity index (χ1) is 13.7. The summed E-state index contributed by atoms with van der Waals surface area (Å²) in [7, 11) is 0. The van der Waals surface area contributed by atoms with E-state index in [1.165, 1.54) is 11.8 Å². The number of nitrogens with one attached hydrogen (secondary N) is 3. The van der Waals surface area contributed by atoms with Crippen molar-refractivity contribution in [3.05, 3.63) is 87.2 Å². The number of Topliss-reactive ketones (excluding diaryl/α,β-unsaturated/α-hetero) is 1. The Morgan fingerprint density at radius 3 is 2.43 bits per heavy atom. The van der Waals surface area contributed by atoms with Crippen LogP contribution in [0.2, 0.25) is 0 Å². The first-order valence-corrected chi connectivity index (χ1v) is 10.0. The van der Waals surface area contributed by atoms with Gasteiger partial charge in [-0.1, -0.05) is 66.4 Å². The number of nitrogens with zero attached hydrogens (tertiary/aromatic N) is 1. The second-order valence-electron chi connectivity index (χ2n) is 6.58. The summed E-state index contributed by atoms with van der Waals surface area (Å²) >= 11 is 1.36. The molecule has 7 heteroatoms. The summed E-state index contributed by atoms with van der Waals surface area (Å²) in [4.78, 5) is 33.3. The number of thioether (sulfide) groups is 1. The van der Waals surface area contributed by atoms with Crippen molar-refractivity contribution < 1.29 is 4.79 Å². The molecular weight excluding hydrogens is 372 g/mol. The number of hydrogen-bond donors (Lipinski definition) is 3. The molecule has 0 saturated heterocycles. The van der Waals surface area contributed by atoms with Gasteiger partial charge in [0.05, 0.1) is 17.3 Å². The van der Waals surface area contributed by atoms with Crippen LogP contribution >= 0.6 is 11.8 Å². The Bertz CT molecular complexity index is 1200. The minimum atomic E-state index is -0.422. The SMILES string of the molecule is CSc1nc2c(c(=O)[nH]1)NC1=C(C(=O)c3ccccc31)C(c1ccccc1)N2. The summed E-state index contributed by atoms with van der Waals surface area (Å²) < 4.78 is 0. The zero-order valence-corrected chi connectivity index (χ0v) is 15.8. The summed E-state index contributed by atoms with van der Waals surface area (Å²) in [5.41, 5.74) is 3.65. The number of anilines is 2. The van der Waals surface area contributed by atoms with Crippen molar-refractivity contribution in [3.8, 4) is 0 Å². The maximum atomic E-state index is 13.3. The lowest BCUT2D eigenvalue weighted by Crippen LogP contribution is -2.20. The van der Waals surface area contributed by atoms with Crippen LogP contribution in [0.4, 0.5) is 11.5 Å². The lowest BCUT2D eigenvalue weighted by Gasteiger charge is -2.20. The third kappa shape index (κ3) is 2.47. The van der Waals surface area contributed by atoms with Crippen molar-refractivity contribution >= 4 is 34.7 Å². The average Bonchev–Trinajstić information content (AvgIpc) is 2.89. The maximum Gasteiger partial charge on any atom is 0.277 e. The molecule has 0 bridgehead atoms. The third-order valence-electron chi connectivity index (χ3n) is 5.00. The normalized spacial score (nSPS) is 17.2. The van der Waals surface area contributed by atoms with Gasteiger partial charge in [-0.15, -0.1) is 0 Å². The van der Waals surface area contributed by atoms with Gasteiger partial charge >= 0.3 is 0 Å². The van der Waals surface area contributed by atoms with E-state index in [0.717, 1.165) is 11.1 Å². The summed E-state index contributed by atoms with van der Waals surface area (Å²) in [5, 5.41) is 7.06. The van der Waals surface area contributed by atoms with E-state index in [0.29, 0.717) is 33.5 Å². The van der Waals surface area contributed by atoms with Crippen molar-refractivity contribution in [1.29, 1.82) is 0 Å². The number of carbonyl (C=O) groups is 1. The molecule has 1 aromatic heterocycles. The number of aromatic amines is 1. The van der Waals surface area contributed by atoms with E-state index in [-0.39, 0.29) is 11.3 Å². The van der Waals surface area contributed by atoms with Crippen LogP contribution in [0.1, 0.15) is 27.5 Å². The Morgan fingerprint density at radius 2 is 1.68 bits per heavy atom. The summed E-state index contributed by atoms with van der Waals surface area (Å²) in [5.74, 6) is 0.385. The molecule has 28 heavy (non-hydrogen) atoms. The third-order valence-corrected chi connectivity index (χ3v) is 5.58. The number of carbonyl (C=O) groups excluding carboxylic acids is 1. The van der Waals surface area contributed by atoms with E-state index in [1.807, 2.05) is 60.9 Å². The molecule has 138 valence electrons. The van der Waals surface area contributed by atoms with Crippen molar-refractivity contribution in [1.82, 2.24) is 9.97 Å². The van der Waals surface area contributed by atoms with Crippen LogP contribution in [-0.2, 0) is 0 Å². The van der Waals surface area contributed by atoms with Gasteiger partial charge in [0.2, 0.25) is 0 Å². The Labute approximate surface area is 165 Å². The number of benzene rings is 2. The first kappa shape index (κ1) is 16.8. The van der Waals surface area contributed by atoms with E-state index in [4.69, 9.17) is 0 Å². The quantitative estimate of drug-likeness (QED) is 0.459. The molecule has 5 rings (SSSR count). The first-order valence-electron chi connectivity index (χ1n) is 8.82. The standard InChI is InChI=1S/C21H16N4O2S/c1-28-21-24-19-17(20(27)25-21)22-16-12-9-5-6-10-13(12)18(26)14(16)15(23-19)11-7-3-2-4-8-11/h2-10,15,22H,1H3,(H2,23,24,25,27). The van der Waals surface area contributed by atoms with Crippen molar-refractivity contribution in [2.45, 2.75) is 11.2 Å². The number of ketones is 1. The van der Waals surface area contributed by atoms with E-state index >= 15 is 0 Å². The molecule has 1 atom stereocenters. The molecule has 3 aromatic rings. The van der Waals surface area contributed by atoms with Crippen LogP contribution < -0.4 is 16.2 Å². The molecule has 1 aliphatic heterocycles. The largest absolute Gasteiger partial charge is 0.357 e. The molecule has 2 aromatic carbocycles. The second-order valence-corrected chi connectivity index (χ2v) is 7.37. The maximum absolute atomic E-state index is 13.3. The lowest BCUT2D eigenvalue weighted by atomic mass is 9.95. The van der Waals surface area contributed by atoms with E-state index in [1.54, 1.807) is 0 Å². The molecule has 3 N–H and O–H groups in total. The topological polar surface area (TPSA) is 86.9 Å². The number of hydrogen-bond acceptors (Lipinski definition) is 6. The predicted molar refractivity (Wildman–Crippen MR) is 111 cm³/mol. The predicted octanol–water partition coefficient (Wildman–Crippen LogP) is 3.68. The molecule has 1 unspecified atom stereocenters. The lowest BCUT2D eigenvalue weighted by molar-refractivity contribution is 0.103. The van der Waals surface area contributed by atoms with Crippen LogP contribution in [0, 0.1) is 0 Å². The van der Waals surface area contributed by atoms with Crippen LogP contribution in [0.25, 0.3) is 5.70 Å². The highest BCUT2D eigenvalue weighted by Gasteiger charge is 2.38. The molecule has 0 fully saturated rings. The van der Waals surface area contributed by atoms with Gasteiger partial charge in [0.15, 0.2) is 16.8 Å². The molecule has 2 heterocycles. The van der Waals surface area contributed by atoms with Crippen LogP contribution in [0.5, 0.6) is 0 Å². The Kier molecular flexibility index (Phi) is 3.84. The number of rotatable bonds is 2. The van der Waals surface area contributed by atoms with Gasteiger partial charge in [0.25, 0.3) is 5.56 Å². The molecule has 6 nitrogen and oxygen atoms in total. The fraction of sp³-hybridized carbons (Fsp3) is 0.0952. The Hall–Kier alpha value is -3.32. The van der Waals surface area contributed by atoms with Gasteiger partial charge in [-0.3, -0.25) is 14.6 Å². The van der Waals surface area contributed by atoms with E-state index < -0.39 is 6.04 Å². The summed E-state index contributed by atoms with van der Waals surface area (Å²) in [6, 6.07) is 16.8. The van der Waals surface area contributed by atoms with Crippen LogP contribution in [0.15, 0.2) is 70.1 Å². The molecule has 0 amide bonds. The number of aromatic nitrogens is 2. The minimum absolute atomic E-state index is 0.0474. The molecule has 1 aliphatic carbocycles. The van der Waals surface area contributed by atoms with Crippen LogP contribution in [-0.4, -0.2) is 22.0 Å². The molecule has 0 radical (unpaired) electrons. The number of fused-ring (bicyclic) bond motifs is 3. The fourth-order valence-corrected chi connectivity index (χ4v) is 4.09. The minimum Gasteiger partial charge on any atom is -0.357 e. The zero-order chi connectivity index (χ0) is 19.3. The Morgan fingerprint density at radius 1 is 0.964 bits per heavy atom. The summed E-state index contributed by atoms with van der Waals surface area (Å²) in [6.45, 7) is 0. The summed E-state index contributed by atoms with van der Waals surface area (Å²) in [6.07, 6.45) is 1.85. The highest BCUT2D eigenvalue weighted by Crippen LogP contribution is 2.43. The van der Waals surface area contributed by atoms with Gasteiger partial charge in [0, 0.05) is 11.1 Å². The smallest absolute Gasteiger partial charge is 0.277 e. The van der Waals surface area contributed by atoms with Crippen molar-refractivity contribution in [2.75, 3.05) is 16.9 Å². The molecule has 0 spiro atoms. The van der Waals surface area contributed by atoms with Crippen LogP contribution in [0.3, 0.4) is 0 Å². The highest BCUT2D eigenvalue weighted by molar-refractivity contribution is 7.98. The Balaban J connectivity index is 1.78. The van der Waals surface area contributed by atoms with Crippen molar-refractivity contribution in [2.24, 2.45) is 0 Å². The molecule has 2 aliphatic rings. The van der Waals surface area contributed by atoms with Crippen molar-refractivity contribution in [3.63, 3.8) is 0 Å². The average molecular weight is 388 g/mol. The van der Waals surface area contributed by atoms with E-state index in [9.17, 15) is 9.59 Å². The van der Waals surface area contributed by atoms with E-state index in [2.05, 4.69) is 20.6 Å². The number of H-pyrrole nitrogens is 1.